The van der Waals surface area contributed by atoms with Gasteiger partial charge in [-0.05, 0) is 57.0 Å². The van der Waals surface area contributed by atoms with Gasteiger partial charge in [0.05, 0.1) is 6.54 Å². The van der Waals surface area contributed by atoms with Crippen molar-refractivity contribution in [3.63, 3.8) is 0 Å². The van der Waals surface area contributed by atoms with Gasteiger partial charge in [0.2, 0.25) is 5.91 Å². The third-order valence-corrected chi connectivity index (χ3v) is 3.92. The lowest BCUT2D eigenvalue weighted by molar-refractivity contribution is -0.128. The standard InChI is InChI=1S/C10H20N2O.C7H6BrF/c1-4-5-6-7-8-12(3)10(13)9-11-2;1-5-4-6(9)2-3-7(5)8/h4,11H,1,5-9H2,2-3H3;2-4H,1H3. The third kappa shape index (κ3) is 9.68. The van der Waals surface area contributed by atoms with E-state index in [0.29, 0.717) is 6.54 Å². The fourth-order valence-electron chi connectivity index (χ4n) is 1.66. The molecular formula is C17H26BrFN2O. The molecule has 0 saturated carbocycles. The molecule has 3 nitrogen and oxygen atoms in total. The summed E-state index contributed by atoms with van der Waals surface area (Å²) >= 11 is 3.26. The van der Waals surface area contributed by atoms with Crippen LogP contribution in [-0.2, 0) is 4.79 Å². The number of amides is 1. The molecule has 0 atom stereocenters. The predicted octanol–water partition coefficient (Wildman–Crippen LogP) is 3.92. The van der Waals surface area contributed by atoms with Crippen LogP contribution >= 0.6 is 15.9 Å². The quantitative estimate of drug-likeness (QED) is 0.581. The maximum Gasteiger partial charge on any atom is 0.236 e. The topological polar surface area (TPSA) is 32.3 Å². The Bertz CT molecular complexity index is 466. The maximum absolute atomic E-state index is 12.3. The largest absolute Gasteiger partial charge is 0.345 e. The Labute approximate surface area is 141 Å². The average Bonchev–Trinajstić information content (AvgIpc) is 2.48. The molecule has 22 heavy (non-hydrogen) atoms. The lowest BCUT2D eigenvalue weighted by Crippen LogP contribution is -2.34. The summed E-state index contributed by atoms with van der Waals surface area (Å²) in [6.07, 6.45) is 5.11. The highest BCUT2D eigenvalue weighted by molar-refractivity contribution is 9.10. The molecule has 5 heteroatoms. The molecule has 0 aliphatic carbocycles. The first-order valence-electron chi connectivity index (χ1n) is 7.33. The SMILES string of the molecule is C=CCCCCN(C)C(=O)CNC.Cc1cc(F)ccc1Br. The van der Waals surface area contributed by atoms with Gasteiger partial charge in [-0.15, -0.1) is 6.58 Å². The van der Waals surface area contributed by atoms with Crippen LogP contribution in [0.25, 0.3) is 0 Å². The number of hydrogen-bond acceptors (Lipinski definition) is 2. The molecule has 0 saturated heterocycles. The molecule has 1 N–H and O–H groups in total. The van der Waals surface area contributed by atoms with E-state index in [1.54, 1.807) is 18.0 Å². The molecule has 0 bridgehead atoms. The highest BCUT2D eigenvalue weighted by Crippen LogP contribution is 2.15. The van der Waals surface area contributed by atoms with Gasteiger partial charge in [0.1, 0.15) is 5.82 Å². The zero-order chi connectivity index (χ0) is 17.0. The first-order valence-corrected chi connectivity index (χ1v) is 8.12. The predicted molar refractivity (Wildman–Crippen MR) is 94.4 cm³/mol. The van der Waals surface area contributed by atoms with Crippen molar-refractivity contribution in [3.8, 4) is 0 Å². The summed E-state index contributed by atoms with van der Waals surface area (Å²) in [5.41, 5.74) is 0.926. The average molecular weight is 373 g/mol. The highest BCUT2D eigenvalue weighted by Gasteiger charge is 2.05. The third-order valence-electron chi connectivity index (χ3n) is 3.03. The zero-order valence-electron chi connectivity index (χ0n) is 13.7. The minimum Gasteiger partial charge on any atom is -0.345 e. The zero-order valence-corrected chi connectivity index (χ0v) is 15.2. The second kappa shape index (κ2) is 12.4. The second-order valence-electron chi connectivity index (χ2n) is 5.02. The lowest BCUT2D eigenvalue weighted by atomic mass is 10.2. The van der Waals surface area contributed by atoms with Crippen LogP contribution in [0, 0.1) is 12.7 Å². The van der Waals surface area contributed by atoms with E-state index in [2.05, 4.69) is 27.8 Å². The molecule has 0 heterocycles. The van der Waals surface area contributed by atoms with E-state index >= 15 is 0 Å². The van der Waals surface area contributed by atoms with E-state index < -0.39 is 0 Å². The van der Waals surface area contributed by atoms with E-state index in [1.807, 2.05) is 20.0 Å². The molecule has 1 aromatic carbocycles. The van der Waals surface area contributed by atoms with Crippen molar-refractivity contribution in [2.24, 2.45) is 0 Å². The number of hydrogen-bond donors (Lipinski definition) is 1. The Hall–Kier alpha value is -1.20. The van der Waals surface area contributed by atoms with Crippen LogP contribution in [0.15, 0.2) is 35.3 Å². The summed E-state index contributed by atoms with van der Waals surface area (Å²) in [5, 5.41) is 2.84. The van der Waals surface area contributed by atoms with E-state index in [4.69, 9.17) is 0 Å². The summed E-state index contributed by atoms with van der Waals surface area (Å²) in [6.45, 7) is 6.78. The number of nitrogens with one attached hydrogen (secondary N) is 1. The normalized spacial score (nSPS) is 9.68. The van der Waals surface area contributed by atoms with Crippen LogP contribution < -0.4 is 5.32 Å². The Morgan fingerprint density at radius 3 is 2.64 bits per heavy atom. The van der Waals surface area contributed by atoms with E-state index in [0.717, 1.165) is 35.8 Å². The number of allylic oxidation sites excluding steroid dienone is 1. The number of rotatable bonds is 7. The molecule has 124 valence electrons. The molecule has 0 unspecified atom stereocenters. The van der Waals surface area contributed by atoms with Gasteiger partial charge >= 0.3 is 0 Å². The van der Waals surface area contributed by atoms with E-state index in [9.17, 15) is 9.18 Å². The number of carbonyl (C=O) groups is 1. The summed E-state index contributed by atoms with van der Waals surface area (Å²) in [4.78, 5) is 13.0. The fourth-order valence-corrected chi connectivity index (χ4v) is 1.90. The lowest BCUT2D eigenvalue weighted by Gasteiger charge is -2.16. The smallest absolute Gasteiger partial charge is 0.236 e. The van der Waals surface area contributed by atoms with Crippen LogP contribution in [0.4, 0.5) is 4.39 Å². The molecule has 0 spiro atoms. The number of likely N-dealkylation sites (N-methyl/N-ethyl adjacent to an activating group) is 2. The van der Waals surface area contributed by atoms with Crippen LogP contribution in [0.3, 0.4) is 0 Å². The Kier molecular flexibility index (Phi) is 11.7. The molecule has 1 amide bonds. The Morgan fingerprint density at radius 1 is 1.45 bits per heavy atom. The fraction of sp³-hybridized carbons (Fsp3) is 0.471. The van der Waals surface area contributed by atoms with Crippen molar-refractivity contribution in [2.45, 2.75) is 26.2 Å². The first kappa shape index (κ1) is 20.8. The number of benzene rings is 1. The van der Waals surface area contributed by atoms with Crippen LogP contribution in [0.2, 0.25) is 0 Å². The molecule has 1 rings (SSSR count). The molecule has 0 fully saturated rings. The maximum atomic E-state index is 12.3. The Morgan fingerprint density at radius 2 is 2.14 bits per heavy atom. The van der Waals surface area contributed by atoms with Crippen molar-refractivity contribution in [1.29, 1.82) is 0 Å². The van der Waals surface area contributed by atoms with Crippen molar-refractivity contribution < 1.29 is 9.18 Å². The molecule has 1 aromatic rings. The summed E-state index contributed by atoms with van der Waals surface area (Å²) in [6, 6.07) is 4.62. The van der Waals surface area contributed by atoms with Gasteiger partial charge in [0, 0.05) is 18.1 Å². The molecule has 0 aliphatic rings. The van der Waals surface area contributed by atoms with Gasteiger partial charge < -0.3 is 10.2 Å². The number of aryl methyl sites for hydroxylation is 1. The van der Waals surface area contributed by atoms with Crippen molar-refractivity contribution in [1.82, 2.24) is 10.2 Å². The van der Waals surface area contributed by atoms with Crippen molar-refractivity contribution >= 4 is 21.8 Å². The minimum atomic E-state index is -0.185. The monoisotopic (exact) mass is 372 g/mol. The van der Waals surface area contributed by atoms with Crippen LogP contribution in [0.5, 0.6) is 0 Å². The van der Waals surface area contributed by atoms with E-state index in [-0.39, 0.29) is 11.7 Å². The van der Waals surface area contributed by atoms with Gasteiger partial charge in [-0.2, -0.15) is 0 Å². The molecule has 0 aromatic heterocycles. The van der Waals surface area contributed by atoms with Crippen molar-refractivity contribution in [2.75, 3.05) is 27.2 Å². The highest BCUT2D eigenvalue weighted by atomic mass is 79.9. The second-order valence-corrected chi connectivity index (χ2v) is 5.88. The number of carbonyl (C=O) groups excluding carboxylic acids is 1. The Balaban J connectivity index is 0.000000425. The van der Waals surface area contributed by atoms with Gasteiger partial charge in [-0.3, -0.25) is 4.79 Å². The van der Waals surface area contributed by atoms with Gasteiger partial charge in [0.25, 0.3) is 0 Å². The van der Waals surface area contributed by atoms with E-state index in [1.165, 1.54) is 12.1 Å². The molecular weight excluding hydrogens is 347 g/mol. The van der Waals surface area contributed by atoms with Gasteiger partial charge in [-0.1, -0.05) is 22.0 Å². The number of nitrogens with zero attached hydrogens (tertiary/aromatic N) is 1. The number of unbranched alkanes of at least 4 members (excludes halogenated alkanes) is 2. The summed E-state index contributed by atoms with van der Waals surface area (Å²) < 4.78 is 13.3. The first-order chi connectivity index (χ1) is 10.4. The van der Waals surface area contributed by atoms with Gasteiger partial charge in [-0.25, -0.2) is 4.39 Å². The number of halogens is 2. The van der Waals surface area contributed by atoms with Crippen LogP contribution in [0.1, 0.15) is 24.8 Å². The van der Waals surface area contributed by atoms with Gasteiger partial charge in [0.15, 0.2) is 0 Å². The van der Waals surface area contributed by atoms with Crippen LogP contribution in [-0.4, -0.2) is 38.0 Å². The minimum absolute atomic E-state index is 0.154. The van der Waals surface area contributed by atoms with Crippen molar-refractivity contribution in [3.05, 3.63) is 46.7 Å². The molecule has 0 radical (unpaired) electrons. The summed E-state index contributed by atoms with van der Waals surface area (Å²) in [7, 11) is 3.62. The summed E-state index contributed by atoms with van der Waals surface area (Å²) in [5.74, 6) is -0.0307. The molecule has 0 aliphatic heterocycles.